The molecule has 2 aromatic heterocycles. The van der Waals surface area contributed by atoms with Gasteiger partial charge in [-0.1, -0.05) is 6.92 Å². The van der Waals surface area contributed by atoms with E-state index in [1.54, 1.807) is 10.7 Å². The molecule has 5 nitrogen and oxygen atoms in total. The van der Waals surface area contributed by atoms with Crippen LogP contribution in [-0.4, -0.2) is 19.6 Å². The van der Waals surface area contributed by atoms with Gasteiger partial charge in [0.25, 0.3) is 0 Å². The van der Waals surface area contributed by atoms with Crippen LogP contribution in [0.1, 0.15) is 37.6 Å². The number of hydrogen-bond acceptors (Lipinski definition) is 3. The first-order valence-electron chi connectivity index (χ1n) is 6.70. The Morgan fingerprint density at radius 3 is 2.67 bits per heavy atom. The summed E-state index contributed by atoms with van der Waals surface area (Å²) in [6.07, 6.45) is -0.345. The van der Waals surface area contributed by atoms with Gasteiger partial charge < -0.3 is 5.32 Å². The van der Waals surface area contributed by atoms with Crippen molar-refractivity contribution in [3.8, 4) is 0 Å². The number of nitrogens with one attached hydrogen (secondary N) is 1. The van der Waals surface area contributed by atoms with Gasteiger partial charge in [0.1, 0.15) is 5.82 Å². The summed E-state index contributed by atoms with van der Waals surface area (Å²) in [7, 11) is 1.47. The average molecular weight is 301 g/mol. The molecule has 1 unspecified atom stereocenters. The second-order valence-electron chi connectivity index (χ2n) is 4.97. The monoisotopic (exact) mass is 301 g/mol. The summed E-state index contributed by atoms with van der Waals surface area (Å²) < 4.78 is 41.4. The summed E-state index contributed by atoms with van der Waals surface area (Å²) in [6, 6.07) is 2.00. The third-order valence-corrected chi connectivity index (χ3v) is 3.28. The number of hydrogen-bond donors (Lipinski definition) is 1. The molecule has 0 saturated heterocycles. The second-order valence-corrected chi connectivity index (χ2v) is 4.97. The van der Waals surface area contributed by atoms with Gasteiger partial charge in [-0.2, -0.15) is 23.4 Å². The number of aromatic nitrogens is 4. The van der Waals surface area contributed by atoms with Crippen LogP contribution in [0.2, 0.25) is 0 Å². The lowest BCUT2D eigenvalue weighted by molar-refractivity contribution is -0.142. The van der Waals surface area contributed by atoms with Crippen molar-refractivity contribution in [3.63, 3.8) is 0 Å². The Balaban J connectivity index is 2.08. The van der Waals surface area contributed by atoms with Crippen LogP contribution in [0.3, 0.4) is 0 Å². The van der Waals surface area contributed by atoms with Crippen molar-refractivity contribution >= 4 is 5.82 Å². The van der Waals surface area contributed by atoms with E-state index in [0.717, 1.165) is 11.1 Å². The Kier molecular flexibility index (Phi) is 4.24. The molecule has 8 heteroatoms. The fraction of sp³-hybridized carbons (Fsp3) is 0.538. The van der Waals surface area contributed by atoms with Crippen molar-refractivity contribution in [3.05, 3.63) is 29.7 Å². The molecule has 0 aromatic carbocycles. The van der Waals surface area contributed by atoms with E-state index in [1.807, 2.05) is 20.0 Å². The third kappa shape index (κ3) is 3.56. The molecule has 1 N–H and O–H groups in total. The second kappa shape index (κ2) is 5.79. The standard InChI is InChI=1S/C13H18F3N5/c1-4-9(2)21-6-5-11(18-21)17-7-10-8-20(3)19-12(10)13(14,15)16/h5-6,8-9H,4,7H2,1-3H3,(H,17,18). The molecule has 0 aliphatic rings. The van der Waals surface area contributed by atoms with Gasteiger partial charge in [-0.3, -0.25) is 9.36 Å². The van der Waals surface area contributed by atoms with Crippen molar-refractivity contribution in [2.75, 3.05) is 5.32 Å². The lowest BCUT2D eigenvalue weighted by atomic mass is 10.2. The molecule has 0 fully saturated rings. The molecule has 0 amide bonds. The lowest BCUT2D eigenvalue weighted by Gasteiger charge is -2.09. The average Bonchev–Trinajstić information content (AvgIpc) is 3.01. The molecule has 1 atom stereocenters. The highest BCUT2D eigenvalue weighted by Crippen LogP contribution is 2.30. The van der Waals surface area contributed by atoms with Gasteiger partial charge in [-0.15, -0.1) is 0 Å². The van der Waals surface area contributed by atoms with Crippen LogP contribution in [0.5, 0.6) is 0 Å². The van der Waals surface area contributed by atoms with Crippen LogP contribution in [0, 0.1) is 0 Å². The maximum absolute atomic E-state index is 12.8. The van der Waals surface area contributed by atoms with Crippen molar-refractivity contribution in [2.45, 2.75) is 39.0 Å². The van der Waals surface area contributed by atoms with Crippen molar-refractivity contribution in [2.24, 2.45) is 7.05 Å². The van der Waals surface area contributed by atoms with E-state index in [1.165, 1.54) is 13.2 Å². The molecule has 0 aliphatic carbocycles. The van der Waals surface area contributed by atoms with Crippen LogP contribution < -0.4 is 5.32 Å². The van der Waals surface area contributed by atoms with E-state index in [2.05, 4.69) is 15.5 Å². The minimum Gasteiger partial charge on any atom is -0.364 e. The molecule has 21 heavy (non-hydrogen) atoms. The van der Waals surface area contributed by atoms with Gasteiger partial charge in [0, 0.05) is 43.7 Å². The number of halogens is 3. The Hall–Kier alpha value is -1.99. The summed E-state index contributed by atoms with van der Waals surface area (Å²) in [5.41, 5.74) is -0.762. The number of rotatable bonds is 5. The van der Waals surface area contributed by atoms with E-state index in [0.29, 0.717) is 5.82 Å². The predicted molar refractivity (Wildman–Crippen MR) is 72.8 cm³/mol. The van der Waals surface area contributed by atoms with Gasteiger partial charge in [0.2, 0.25) is 0 Å². The van der Waals surface area contributed by atoms with E-state index < -0.39 is 11.9 Å². The Morgan fingerprint density at radius 1 is 1.33 bits per heavy atom. The zero-order valence-electron chi connectivity index (χ0n) is 12.1. The summed E-state index contributed by atoms with van der Waals surface area (Å²) in [5, 5.41) is 10.7. The zero-order valence-corrected chi connectivity index (χ0v) is 12.1. The number of anilines is 1. The molecule has 0 aliphatic heterocycles. The Labute approximate surface area is 120 Å². The first-order chi connectivity index (χ1) is 9.81. The molecule has 0 radical (unpaired) electrons. The third-order valence-electron chi connectivity index (χ3n) is 3.28. The normalized spacial score (nSPS) is 13.4. The largest absolute Gasteiger partial charge is 0.435 e. The highest BCUT2D eigenvalue weighted by Gasteiger charge is 2.36. The van der Waals surface area contributed by atoms with Crippen molar-refractivity contribution in [1.29, 1.82) is 0 Å². The first-order valence-corrected chi connectivity index (χ1v) is 6.70. The summed E-state index contributed by atoms with van der Waals surface area (Å²) in [5.74, 6) is 0.548. The quantitative estimate of drug-likeness (QED) is 0.922. The van der Waals surface area contributed by atoms with Crippen LogP contribution in [-0.2, 0) is 19.8 Å². The fourth-order valence-corrected chi connectivity index (χ4v) is 1.96. The minimum atomic E-state index is -4.45. The fourth-order valence-electron chi connectivity index (χ4n) is 1.96. The van der Waals surface area contributed by atoms with Gasteiger partial charge >= 0.3 is 6.18 Å². The van der Waals surface area contributed by atoms with Crippen LogP contribution >= 0.6 is 0 Å². The number of alkyl halides is 3. The predicted octanol–water partition coefficient (Wildman–Crippen LogP) is 3.22. The van der Waals surface area contributed by atoms with Crippen LogP contribution in [0.15, 0.2) is 18.5 Å². The Morgan fingerprint density at radius 2 is 2.05 bits per heavy atom. The van der Waals surface area contributed by atoms with E-state index in [9.17, 15) is 13.2 Å². The van der Waals surface area contributed by atoms with Crippen LogP contribution in [0.25, 0.3) is 0 Å². The molecule has 0 bridgehead atoms. The van der Waals surface area contributed by atoms with Gasteiger partial charge in [-0.05, 0) is 13.3 Å². The minimum absolute atomic E-state index is 0.0280. The summed E-state index contributed by atoms with van der Waals surface area (Å²) in [6.45, 7) is 4.10. The topological polar surface area (TPSA) is 47.7 Å². The first kappa shape index (κ1) is 15.4. The smallest absolute Gasteiger partial charge is 0.364 e. The zero-order chi connectivity index (χ0) is 15.6. The highest BCUT2D eigenvalue weighted by molar-refractivity contribution is 5.35. The number of nitrogens with zero attached hydrogens (tertiary/aromatic N) is 4. The molecule has 2 rings (SSSR count). The molecule has 2 heterocycles. The molecule has 0 saturated carbocycles. The lowest BCUT2D eigenvalue weighted by Crippen LogP contribution is -2.12. The van der Waals surface area contributed by atoms with Gasteiger partial charge in [0.15, 0.2) is 5.69 Å². The van der Waals surface area contributed by atoms with E-state index in [-0.39, 0.29) is 18.2 Å². The molecular weight excluding hydrogens is 283 g/mol. The molecule has 116 valence electrons. The molecular formula is C13H18F3N5. The van der Waals surface area contributed by atoms with Gasteiger partial charge in [0.05, 0.1) is 0 Å². The Bertz CT molecular complexity index is 599. The maximum atomic E-state index is 12.8. The summed E-state index contributed by atoms with van der Waals surface area (Å²) >= 11 is 0. The molecule has 0 spiro atoms. The van der Waals surface area contributed by atoms with E-state index >= 15 is 0 Å². The highest BCUT2D eigenvalue weighted by atomic mass is 19.4. The van der Waals surface area contributed by atoms with Crippen LogP contribution in [0.4, 0.5) is 19.0 Å². The van der Waals surface area contributed by atoms with Crippen molar-refractivity contribution < 1.29 is 13.2 Å². The SMILES string of the molecule is CCC(C)n1ccc(NCc2cn(C)nc2C(F)(F)F)n1. The van der Waals surface area contributed by atoms with E-state index in [4.69, 9.17) is 0 Å². The maximum Gasteiger partial charge on any atom is 0.435 e. The van der Waals surface area contributed by atoms with Gasteiger partial charge in [-0.25, -0.2) is 0 Å². The molecule has 2 aromatic rings. The number of aryl methyl sites for hydroxylation is 1. The van der Waals surface area contributed by atoms with Crippen molar-refractivity contribution in [1.82, 2.24) is 19.6 Å². The summed E-state index contributed by atoms with van der Waals surface area (Å²) in [4.78, 5) is 0.